The van der Waals surface area contributed by atoms with E-state index in [-0.39, 0.29) is 5.91 Å². The number of hydrogen-bond acceptors (Lipinski definition) is 6. The number of amides is 1. The van der Waals surface area contributed by atoms with E-state index in [4.69, 9.17) is 14.2 Å². The van der Waals surface area contributed by atoms with Crippen LogP contribution in [0.5, 0.6) is 11.6 Å². The molecule has 8 nitrogen and oxygen atoms in total. The lowest BCUT2D eigenvalue weighted by atomic mass is 10.0. The number of carbonyl (C=O) groups is 1. The molecule has 156 valence electrons. The molecule has 0 N–H and O–H groups in total. The molecule has 0 bridgehead atoms. The fourth-order valence-electron chi connectivity index (χ4n) is 3.58. The summed E-state index contributed by atoms with van der Waals surface area (Å²) < 4.78 is 17.5. The van der Waals surface area contributed by atoms with E-state index in [2.05, 4.69) is 10.1 Å². The van der Waals surface area contributed by atoms with Crippen LogP contribution in [0.2, 0.25) is 0 Å². The van der Waals surface area contributed by atoms with Gasteiger partial charge in [0.05, 0.1) is 32.6 Å². The van der Waals surface area contributed by atoms with E-state index >= 15 is 0 Å². The molecular weight excluding hydrogens is 384 g/mol. The van der Waals surface area contributed by atoms with Gasteiger partial charge < -0.3 is 19.1 Å². The topological polar surface area (TPSA) is 78.7 Å². The summed E-state index contributed by atoms with van der Waals surface area (Å²) in [6.07, 6.45) is 6.24. The molecule has 0 spiro atoms. The first-order valence-electron chi connectivity index (χ1n) is 9.69. The molecule has 1 aliphatic heterocycles. The maximum atomic E-state index is 12.9. The van der Waals surface area contributed by atoms with Gasteiger partial charge in [-0.15, -0.1) is 0 Å². The van der Waals surface area contributed by atoms with E-state index in [1.807, 2.05) is 35.1 Å². The van der Waals surface area contributed by atoms with Crippen molar-refractivity contribution in [2.75, 3.05) is 32.8 Å². The van der Waals surface area contributed by atoms with E-state index < -0.39 is 0 Å². The Labute approximate surface area is 175 Å². The van der Waals surface area contributed by atoms with Gasteiger partial charge in [0.25, 0.3) is 11.8 Å². The predicted octanol–water partition coefficient (Wildman–Crippen LogP) is 3.16. The number of aromatic nitrogens is 3. The zero-order valence-corrected chi connectivity index (χ0v) is 17.3. The van der Waals surface area contributed by atoms with Gasteiger partial charge in [-0.25, -0.2) is 4.98 Å². The molecule has 30 heavy (non-hydrogen) atoms. The quantitative estimate of drug-likeness (QED) is 0.533. The lowest BCUT2D eigenvalue weighted by molar-refractivity contribution is 0.0996. The van der Waals surface area contributed by atoms with Crippen LogP contribution in [0.1, 0.15) is 22.3 Å². The van der Waals surface area contributed by atoms with Gasteiger partial charge in [0, 0.05) is 43.8 Å². The normalized spacial score (nSPS) is 12.9. The van der Waals surface area contributed by atoms with Gasteiger partial charge in [-0.1, -0.05) is 6.07 Å². The summed E-state index contributed by atoms with van der Waals surface area (Å²) >= 11 is 0. The smallest absolute Gasteiger partial charge is 0.259 e. The lowest BCUT2D eigenvalue weighted by Gasteiger charge is -2.12. The van der Waals surface area contributed by atoms with Gasteiger partial charge in [0.1, 0.15) is 0 Å². The third-order valence-corrected chi connectivity index (χ3v) is 5.14. The minimum absolute atomic E-state index is 0.0153. The van der Waals surface area contributed by atoms with Crippen molar-refractivity contribution < 1.29 is 19.0 Å². The third-order valence-electron chi connectivity index (χ3n) is 5.14. The second-order valence-corrected chi connectivity index (χ2v) is 7.01. The highest BCUT2D eigenvalue weighted by Gasteiger charge is 2.29. The van der Waals surface area contributed by atoms with Crippen LogP contribution in [0.15, 0.2) is 42.9 Å². The summed E-state index contributed by atoms with van der Waals surface area (Å²) in [4.78, 5) is 19.0. The van der Waals surface area contributed by atoms with E-state index in [1.165, 1.54) is 0 Å². The van der Waals surface area contributed by atoms with Crippen LogP contribution < -0.4 is 14.4 Å². The number of pyridine rings is 1. The zero-order valence-electron chi connectivity index (χ0n) is 17.3. The predicted molar refractivity (Wildman–Crippen MR) is 112 cm³/mol. The van der Waals surface area contributed by atoms with Crippen LogP contribution in [0.4, 0.5) is 5.69 Å². The Morgan fingerprint density at radius 1 is 1.07 bits per heavy atom. The summed E-state index contributed by atoms with van der Waals surface area (Å²) in [7, 11) is 4.82. The largest absolute Gasteiger partial charge is 0.491 e. The fourth-order valence-corrected chi connectivity index (χ4v) is 3.58. The molecule has 3 aromatic rings. The molecule has 8 heteroatoms. The number of ether oxygens (including phenoxy) is 3. The molecule has 0 radical (unpaired) electrons. The highest BCUT2D eigenvalue weighted by molar-refractivity contribution is 6.10. The Morgan fingerprint density at radius 2 is 1.93 bits per heavy atom. The average Bonchev–Trinajstić information content (AvgIpc) is 3.37. The number of methoxy groups -OCH3 is 3. The third kappa shape index (κ3) is 3.73. The van der Waals surface area contributed by atoms with Crippen molar-refractivity contribution in [3.05, 3.63) is 54.0 Å². The molecule has 1 amide bonds. The molecular formula is C22H24N4O4. The Hall–Kier alpha value is -3.39. The number of aryl methyl sites for hydroxylation is 1. The molecule has 4 rings (SSSR count). The first kappa shape index (κ1) is 19.9. The molecule has 3 heterocycles. The summed E-state index contributed by atoms with van der Waals surface area (Å²) in [5, 5.41) is 4.36. The molecule has 0 unspecified atom stereocenters. The van der Waals surface area contributed by atoms with Crippen molar-refractivity contribution in [3.63, 3.8) is 0 Å². The van der Waals surface area contributed by atoms with Crippen LogP contribution in [-0.4, -0.2) is 48.6 Å². The second-order valence-electron chi connectivity index (χ2n) is 7.01. The van der Waals surface area contributed by atoms with E-state index in [1.54, 1.807) is 38.6 Å². The molecule has 1 aliphatic rings. The number of nitrogens with zero attached hydrogens (tertiary/aromatic N) is 4. The summed E-state index contributed by atoms with van der Waals surface area (Å²) in [6.45, 7) is 1.93. The van der Waals surface area contributed by atoms with Gasteiger partial charge in [-0.3, -0.25) is 9.48 Å². The van der Waals surface area contributed by atoms with Crippen LogP contribution in [0.25, 0.3) is 11.1 Å². The van der Waals surface area contributed by atoms with Gasteiger partial charge in [-0.05, 0) is 35.7 Å². The van der Waals surface area contributed by atoms with E-state index in [0.717, 1.165) is 35.3 Å². The first-order chi connectivity index (χ1) is 14.6. The Balaban J connectivity index is 1.56. The Kier molecular flexibility index (Phi) is 5.67. The molecule has 1 aromatic carbocycles. The number of benzene rings is 1. The zero-order chi connectivity index (χ0) is 21.1. The molecule has 0 aliphatic carbocycles. The Bertz CT molecular complexity index is 1060. The van der Waals surface area contributed by atoms with Gasteiger partial charge >= 0.3 is 0 Å². The minimum atomic E-state index is -0.0153. The molecule has 0 atom stereocenters. The molecule has 2 aromatic heterocycles. The monoisotopic (exact) mass is 408 g/mol. The van der Waals surface area contributed by atoms with Gasteiger partial charge in [0.2, 0.25) is 0 Å². The van der Waals surface area contributed by atoms with Crippen molar-refractivity contribution in [2.24, 2.45) is 0 Å². The number of anilines is 1. The van der Waals surface area contributed by atoms with Crippen LogP contribution in [0, 0.1) is 0 Å². The van der Waals surface area contributed by atoms with Crippen molar-refractivity contribution in [2.45, 2.75) is 19.5 Å². The number of carbonyl (C=O) groups excluding carboxylic acids is 1. The van der Waals surface area contributed by atoms with Gasteiger partial charge in [0.15, 0.2) is 5.75 Å². The van der Waals surface area contributed by atoms with Crippen LogP contribution in [0.3, 0.4) is 0 Å². The molecule has 0 saturated heterocycles. The highest BCUT2D eigenvalue weighted by atomic mass is 16.5. The summed E-state index contributed by atoms with van der Waals surface area (Å²) in [5.41, 5.74) is 4.33. The number of fused-ring (bicyclic) bond motifs is 1. The van der Waals surface area contributed by atoms with Crippen LogP contribution in [-0.2, 0) is 17.8 Å². The molecule has 0 saturated carbocycles. The fraction of sp³-hybridized carbons (Fsp3) is 0.318. The van der Waals surface area contributed by atoms with Crippen molar-refractivity contribution in [3.8, 4) is 22.8 Å². The second kappa shape index (κ2) is 8.54. The van der Waals surface area contributed by atoms with E-state index in [0.29, 0.717) is 30.3 Å². The van der Waals surface area contributed by atoms with E-state index in [9.17, 15) is 4.79 Å². The Morgan fingerprint density at radius 3 is 2.70 bits per heavy atom. The number of hydrogen-bond donors (Lipinski definition) is 0. The first-order valence-corrected chi connectivity index (χ1v) is 9.69. The van der Waals surface area contributed by atoms with Crippen LogP contribution >= 0.6 is 0 Å². The minimum Gasteiger partial charge on any atom is -0.491 e. The molecule has 0 fully saturated rings. The van der Waals surface area contributed by atoms with Crippen molar-refractivity contribution >= 4 is 11.6 Å². The van der Waals surface area contributed by atoms with Gasteiger partial charge in [-0.2, -0.15) is 5.10 Å². The average molecular weight is 408 g/mol. The van der Waals surface area contributed by atoms with Crippen molar-refractivity contribution in [1.29, 1.82) is 0 Å². The summed E-state index contributed by atoms with van der Waals surface area (Å²) in [5.74, 6) is 0.985. The standard InChI is InChI=1S/C22H24N4O4/c1-28-8-4-7-25-14-18(12-24-25)26-13-17-9-15(5-6-19(17)22(26)27)16-10-20(29-2)21(30-3)23-11-16/h5-6,9-12,14H,4,7-8,13H2,1-3H3. The maximum absolute atomic E-state index is 12.9. The highest BCUT2D eigenvalue weighted by Crippen LogP contribution is 2.34. The number of rotatable bonds is 8. The SMILES string of the molecule is COCCCn1cc(N2Cc3cc(-c4cnc(OC)c(OC)c4)ccc3C2=O)cn1. The summed E-state index contributed by atoms with van der Waals surface area (Å²) in [6, 6.07) is 7.70. The van der Waals surface area contributed by atoms with Crippen molar-refractivity contribution in [1.82, 2.24) is 14.8 Å². The lowest BCUT2D eigenvalue weighted by Crippen LogP contribution is -2.22. The maximum Gasteiger partial charge on any atom is 0.259 e.